The first-order chi connectivity index (χ1) is 12.7. The number of aryl methyl sites for hydroxylation is 1. The van der Waals surface area contributed by atoms with Gasteiger partial charge in [-0.25, -0.2) is 0 Å². The summed E-state index contributed by atoms with van der Waals surface area (Å²) in [5.74, 6) is -0.206. The van der Waals surface area contributed by atoms with Crippen LogP contribution in [0, 0.1) is 0 Å². The quantitative estimate of drug-likeness (QED) is 0.398. The summed E-state index contributed by atoms with van der Waals surface area (Å²) < 4.78 is 2.30. The first-order valence-electron chi connectivity index (χ1n) is 8.70. The molecule has 0 spiro atoms. The van der Waals surface area contributed by atoms with Crippen molar-refractivity contribution in [2.75, 3.05) is 0 Å². The summed E-state index contributed by atoms with van der Waals surface area (Å²) in [5.41, 5.74) is 3.68. The lowest BCUT2D eigenvalue weighted by Gasteiger charge is -2.03. The fraction of sp³-hybridized carbons (Fsp3) is 0.0870. The Labute approximate surface area is 151 Å². The Morgan fingerprint density at radius 3 is 2.50 bits per heavy atom. The van der Waals surface area contributed by atoms with E-state index in [1.54, 1.807) is 24.3 Å². The number of ketones is 1. The average Bonchev–Trinajstić information content (AvgIpc) is 2.99. The van der Waals surface area contributed by atoms with Crippen molar-refractivity contribution in [1.29, 1.82) is 0 Å². The molecule has 4 rings (SSSR count). The number of carbonyl (C=O) groups is 1. The zero-order valence-electron chi connectivity index (χ0n) is 14.5. The first-order valence-corrected chi connectivity index (χ1v) is 8.70. The maximum Gasteiger partial charge on any atom is 0.189 e. The molecule has 0 aliphatic carbocycles. The first kappa shape index (κ1) is 16.2. The molecule has 128 valence electrons. The molecule has 0 radical (unpaired) electrons. The van der Waals surface area contributed by atoms with Crippen LogP contribution in [0.1, 0.15) is 22.8 Å². The van der Waals surface area contributed by atoms with E-state index >= 15 is 0 Å². The van der Waals surface area contributed by atoms with Gasteiger partial charge < -0.3 is 9.67 Å². The van der Waals surface area contributed by atoms with E-state index in [-0.39, 0.29) is 11.5 Å². The number of aromatic nitrogens is 1. The molecule has 3 heteroatoms. The van der Waals surface area contributed by atoms with Crippen molar-refractivity contribution in [3.8, 4) is 5.75 Å². The summed E-state index contributed by atoms with van der Waals surface area (Å²) in [6.07, 6.45) is 3.31. The number of benzene rings is 3. The molecule has 0 saturated carbocycles. The van der Waals surface area contributed by atoms with Crippen LogP contribution in [-0.2, 0) is 6.54 Å². The van der Waals surface area contributed by atoms with Gasteiger partial charge >= 0.3 is 0 Å². The highest BCUT2D eigenvalue weighted by atomic mass is 16.3. The number of hydrogen-bond acceptors (Lipinski definition) is 2. The molecule has 0 aliphatic heterocycles. The van der Waals surface area contributed by atoms with Gasteiger partial charge in [0.05, 0.1) is 5.56 Å². The maximum absolute atomic E-state index is 12.3. The molecule has 1 aromatic heterocycles. The van der Waals surface area contributed by atoms with Crippen molar-refractivity contribution >= 4 is 33.7 Å². The van der Waals surface area contributed by atoms with Crippen molar-refractivity contribution in [3.63, 3.8) is 0 Å². The number of aromatic hydroxyl groups is 1. The molecule has 0 unspecified atom stereocenters. The Morgan fingerprint density at radius 1 is 0.962 bits per heavy atom. The topological polar surface area (TPSA) is 42.2 Å². The van der Waals surface area contributed by atoms with Gasteiger partial charge in [0.15, 0.2) is 5.78 Å². The third kappa shape index (κ3) is 2.68. The second kappa shape index (κ2) is 6.52. The molecule has 0 amide bonds. The minimum absolute atomic E-state index is 0.00335. The Bertz CT molecular complexity index is 1150. The largest absolute Gasteiger partial charge is 0.507 e. The van der Waals surface area contributed by atoms with Crippen LogP contribution in [0.2, 0.25) is 0 Å². The monoisotopic (exact) mass is 341 g/mol. The normalized spacial score (nSPS) is 11.6. The molecule has 0 aliphatic rings. The fourth-order valence-corrected chi connectivity index (χ4v) is 3.46. The van der Waals surface area contributed by atoms with Crippen molar-refractivity contribution in [2.24, 2.45) is 0 Å². The van der Waals surface area contributed by atoms with E-state index in [9.17, 15) is 9.90 Å². The highest BCUT2D eigenvalue weighted by molar-refractivity contribution is 6.10. The SMILES string of the molecule is CCn1c2ccccc2c2cc(/C=C/C(=O)c3ccccc3O)ccc21. The summed E-state index contributed by atoms with van der Waals surface area (Å²) in [7, 11) is 0. The van der Waals surface area contributed by atoms with Crippen molar-refractivity contribution < 1.29 is 9.90 Å². The van der Waals surface area contributed by atoms with Gasteiger partial charge in [-0.05, 0) is 48.9 Å². The predicted octanol–water partition coefficient (Wildman–Crippen LogP) is 5.42. The molecule has 0 atom stereocenters. The predicted molar refractivity (Wildman–Crippen MR) is 107 cm³/mol. The van der Waals surface area contributed by atoms with Gasteiger partial charge in [-0.15, -0.1) is 0 Å². The number of allylic oxidation sites excluding steroid dienone is 1. The molecule has 4 aromatic rings. The lowest BCUT2D eigenvalue weighted by Crippen LogP contribution is -1.94. The zero-order chi connectivity index (χ0) is 18.1. The van der Waals surface area contributed by atoms with Crippen LogP contribution in [0.25, 0.3) is 27.9 Å². The summed E-state index contributed by atoms with van der Waals surface area (Å²) in [6, 6.07) is 21.2. The number of hydrogen-bond donors (Lipinski definition) is 1. The molecular weight excluding hydrogens is 322 g/mol. The van der Waals surface area contributed by atoms with E-state index in [1.165, 1.54) is 33.9 Å². The number of phenols is 1. The van der Waals surface area contributed by atoms with Gasteiger partial charge in [-0.2, -0.15) is 0 Å². The van der Waals surface area contributed by atoms with E-state index < -0.39 is 0 Å². The number of nitrogens with zero attached hydrogens (tertiary/aromatic N) is 1. The lowest BCUT2D eigenvalue weighted by molar-refractivity contribution is 0.104. The van der Waals surface area contributed by atoms with E-state index in [0.717, 1.165) is 12.1 Å². The molecule has 0 fully saturated rings. The number of phenolic OH excluding ortho intramolecular Hbond substituents is 1. The Hall–Kier alpha value is -3.33. The minimum atomic E-state index is -0.209. The molecular formula is C23H19NO2. The van der Waals surface area contributed by atoms with Crippen LogP contribution in [-0.4, -0.2) is 15.5 Å². The second-order valence-electron chi connectivity index (χ2n) is 6.25. The number of carbonyl (C=O) groups excluding carboxylic acids is 1. The highest BCUT2D eigenvalue weighted by Gasteiger charge is 2.10. The summed E-state index contributed by atoms with van der Waals surface area (Å²) in [4.78, 5) is 12.3. The van der Waals surface area contributed by atoms with Crippen LogP contribution in [0.5, 0.6) is 5.75 Å². The molecule has 3 aromatic carbocycles. The summed E-state index contributed by atoms with van der Waals surface area (Å²) in [5, 5.41) is 12.2. The van der Waals surface area contributed by atoms with Crippen molar-refractivity contribution in [1.82, 2.24) is 4.57 Å². The van der Waals surface area contributed by atoms with Crippen LogP contribution in [0.3, 0.4) is 0 Å². The molecule has 1 heterocycles. The third-order valence-corrected chi connectivity index (χ3v) is 4.71. The van der Waals surface area contributed by atoms with Crippen LogP contribution >= 0.6 is 0 Å². The van der Waals surface area contributed by atoms with Crippen LogP contribution in [0.15, 0.2) is 72.8 Å². The van der Waals surface area contributed by atoms with Gasteiger partial charge in [-0.3, -0.25) is 4.79 Å². The Balaban J connectivity index is 1.75. The van der Waals surface area contributed by atoms with Crippen molar-refractivity contribution in [2.45, 2.75) is 13.5 Å². The highest BCUT2D eigenvalue weighted by Crippen LogP contribution is 2.30. The van der Waals surface area contributed by atoms with Gasteiger partial charge in [0.1, 0.15) is 5.75 Å². The number of fused-ring (bicyclic) bond motifs is 3. The van der Waals surface area contributed by atoms with Gasteiger partial charge in [-0.1, -0.05) is 42.5 Å². The average molecular weight is 341 g/mol. The maximum atomic E-state index is 12.3. The van der Waals surface area contributed by atoms with Crippen molar-refractivity contribution in [3.05, 3.63) is 83.9 Å². The van der Waals surface area contributed by atoms with E-state index in [4.69, 9.17) is 0 Å². The lowest BCUT2D eigenvalue weighted by atomic mass is 10.1. The number of para-hydroxylation sites is 2. The Morgan fingerprint density at radius 2 is 1.69 bits per heavy atom. The summed E-state index contributed by atoms with van der Waals surface area (Å²) >= 11 is 0. The van der Waals surface area contributed by atoms with Gasteiger partial charge in [0.25, 0.3) is 0 Å². The molecule has 1 N–H and O–H groups in total. The van der Waals surface area contributed by atoms with Gasteiger partial charge in [0, 0.05) is 28.4 Å². The van der Waals surface area contributed by atoms with E-state index in [2.05, 4.69) is 41.8 Å². The number of rotatable bonds is 4. The second-order valence-corrected chi connectivity index (χ2v) is 6.25. The van der Waals surface area contributed by atoms with Crippen LogP contribution < -0.4 is 0 Å². The molecule has 3 nitrogen and oxygen atoms in total. The smallest absolute Gasteiger partial charge is 0.189 e. The molecule has 0 bridgehead atoms. The van der Waals surface area contributed by atoms with E-state index in [1.807, 2.05) is 12.1 Å². The van der Waals surface area contributed by atoms with Crippen LogP contribution in [0.4, 0.5) is 0 Å². The summed E-state index contributed by atoms with van der Waals surface area (Å²) in [6.45, 7) is 3.05. The Kier molecular flexibility index (Phi) is 4.05. The fourth-order valence-electron chi connectivity index (χ4n) is 3.46. The van der Waals surface area contributed by atoms with Gasteiger partial charge in [0.2, 0.25) is 0 Å². The molecule has 26 heavy (non-hydrogen) atoms. The van der Waals surface area contributed by atoms with E-state index in [0.29, 0.717) is 5.56 Å². The standard InChI is InChI=1S/C23H19NO2/c1-2-24-20-9-5-3-7-17(20)19-15-16(11-13-21(19)24)12-14-23(26)18-8-4-6-10-22(18)25/h3-15,25H,2H2,1H3/b14-12+. The minimum Gasteiger partial charge on any atom is -0.507 e. The third-order valence-electron chi connectivity index (χ3n) is 4.71. The zero-order valence-corrected chi connectivity index (χ0v) is 14.5. The molecule has 0 saturated heterocycles.